The topological polar surface area (TPSA) is 34.0 Å². The number of ether oxygens (including phenoxy) is 1. The highest BCUT2D eigenvalue weighted by atomic mass is 35.5. The third-order valence-corrected chi connectivity index (χ3v) is 4.33. The van der Waals surface area contributed by atoms with Crippen LogP contribution in [0.15, 0.2) is 18.2 Å². The van der Waals surface area contributed by atoms with Gasteiger partial charge in [0.2, 0.25) is 0 Å². The van der Waals surface area contributed by atoms with E-state index in [1.54, 1.807) is 11.0 Å². The summed E-state index contributed by atoms with van der Waals surface area (Å²) in [5.41, 5.74) is 1.05. The Kier molecular flexibility index (Phi) is 5.52. The number of benzene rings is 1. The summed E-state index contributed by atoms with van der Waals surface area (Å²) in [7, 11) is 0. The van der Waals surface area contributed by atoms with E-state index in [1.165, 1.54) is 4.90 Å². The summed E-state index contributed by atoms with van der Waals surface area (Å²) in [5.74, 6) is 0. The van der Waals surface area contributed by atoms with Gasteiger partial charge in [-0.1, -0.05) is 35.3 Å². The van der Waals surface area contributed by atoms with Gasteiger partial charge in [0, 0.05) is 5.56 Å². The quantitative estimate of drug-likeness (QED) is 0.923. The standard InChI is InChI=1S/C14H18Cl2N2O2/c1-2-20-14(19)18-8-6-17(7-9-18)10-11-4-3-5-12(15)13(11)16/h3-5H,2,6-10H2,1H3/p+1. The van der Waals surface area contributed by atoms with Gasteiger partial charge in [-0.2, -0.15) is 0 Å². The largest absolute Gasteiger partial charge is 0.450 e. The van der Waals surface area contributed by atoms with Crippen molar-refractivity contribution in [1.29, 1.82) is 0 Å². The minimum atomic E-state index is -0.215. The Balaban J connectivity index is 1.88. The second-order valence-corrected chi connectivity index (χ2v) is 5.61. The molecule has 0 spiro atoms. The normalized spacial score (nSPS) is 16.2. The summed E-state index contributed by atoms with van der Waals surface area (Å²) >= 11 is 12.2. The number of nitrogens with zero attached hydrogens (tertiary/aromatic N) is 1. The lowest BCUT2D eigenvalue weighted by Crippen LogP contribution is -3.13. The molecule has 110 valence electrons. The Morgan fingerprint density at radius 2 is 2.05 bits per heavy atom. The van der Waals surface area contributed by atoms with Crippen LogP contribution in [0.4, 0.5) is 4.79 Å². The van der Waals surface area contributed by atoms with Crippen molar-refractivity contribution >= 4 is 29.3 Å². The molecule has 1 saturated heterocycles. The van der Waals surface area contributed by atoms with Crippen LogP contribution in [-0.4, -0.2) is 43.8 Å². The molecule has 0 aromatic heterocycles. The lowest BCUT2D eigenvalue weighted by atomic mass is 10.2. The van der Waals surface area contributed by atoms with Crippen LogP contribution >= 0.6 is 23.2 Å². The summed E-state index contributed by atoms with van der Waals surface area (Å²) in [6.45, 7) is 6.28. The van der Waals surface area contributed by atoms with Crippen LogP contribution in [0, 0.1) is 0 Å². The molecule has 1 fully saturated rings. The number of quaternary nitrogens is 1. The molecular formula is C14H19Cl2N2O2+. The van der Waals surface area contributed by atoms with Crippen molar-refractivity contribution < 1.29 is 14.4 Å². The molecule has 0 saturated carbocycles. The van der Waals surface area contributed by atoms with E-state index in [-0.39, 0.29) is 6.09 Å². The first-order valence-corrected chi connectivity index (χ1v) is 7.55. The van der Waals surface area contributed by atoms with Gasteiger partial charge in [0.1, 0.15) is 6.54 Å². The average molecular weight is 318 g/mol. The van der Waals surface area contributed by atoms with Crippen molar-refractivity contribution in [1.82, 2.24) is 4.90 Å². The van der Waals surface area contributed by atoms with Crippen LogP contribution in [-0.2, 0) is 11.3 Å². The number of carbonyl (C=O) groups excluding carboxylic acids is 1. The maximum Gasteiger partial charge on any atom is 0.410 e. The Labute approximate surface area is 129 Å². The fraction of sp³-hybridized carbons (Fsp3) is 0.500. The first kappa shape index (κ1) is 15.4. The van der Waals surface area contributed by atoms with Crippen molar-refractivity contribution in [3.8, 4) is 0 Å². The number of piperazine rings is 1. The molecule has 1 aliphatic rings. The van der Waals surface area contributed by atoms with Crippen LogP contribution in [0.3, 0.4) is 0 Å². The highest BCUT2D eigenvalue weighted by Gasteiger charge is 2.25. The first-order chi connectivity index (χ1) is 9.61. The third-order valence-electron chi connectivity index (χ3n) is 3.47. The van der Waals surface area contributed by atoms with E-state index >= 15 is 0 Å². The van der Waals surface area contributed by atoms with Gasteiger partial charge in [0.15, 0.2) is 0 Å². The molecule has 4 nitrogen and oxygen atoms in total. The predicted octanol–water partition coefficient (Wildman–Crippen LogP) is 1.85. The van der Waals surface area contributed by atoms with Gasteiger partial charge in [-0.25, -0.2) is 4.79 Å². The predicted molar refractivity (Wildman–Crippen MR) is 79.5 cm³/mol. The lowest BCUT2D eigenvalue weighted by Gasteiger charge is -2.31. The first-order valence-electron chi connectivity index (χ1n) is 6.80. The maximum absolute atomic E-state index is 11.6. The number of nitrogens with one attached hydrogen (secondary N) is 1. The van der Waals surface area contributed by atoms with E-state index < -0.39 is 0 Å². The van der Waals surface area contributed by atoms with Gasteiger partial charge in [-0.3, -0.25) is 4.90 Å². The molecule has 0 unspecified atom stereocenters. The number of rotatable bonds is 3. The van der Waals surface area contributed by atoms with E-state index in [9.17, 15) is 4.79 Å². The summed E-state index contributed by atoms with van der Waals surface area (Å²) in [5, 5.41) is 1.23. The van der Waals surface area contributed by atoms with Crippen molar-refractivity contribution in [2.75, 3.05) is 32.8 Å². The van der Waals surface area contributed by atoms with Gasteiger partial charge in [0.25, 0.3) is 0 Å². The van der Waals surface area contributed by atoms with Crippen LogP contribution in [0.1, 0.15) is 12.5 Å². The summed E-state index contributed by atoms with van der Waals surface area (Å²) < 4.78 is 5.01. The van der Waals surface area contributed by atoms with Gasteiger partial charge in [0.05, 0.1) is 42.8 Å². The summed E-state index contributed by atoms with van der Waals surface area (Å²) in [6.07, 6.45) is -0.215. The van der Waals surface area contributed by atoms with Crippen LogP contribution in [0.2, 0.25) is 10.0 Å². The molecular weight excluding hydrogens is 299 g/mol. The van der Waals surface area contributed by atoms with Crippen molar-refractivity contribution in [2.24, 2.45) is 0 Å². The summed E-state index contributed by atoms with van der Waals surface area (Å²) in [4.78, 5) is 14.8. The van der Waals surface area contributed by atoms with Crippen molar-refractivity contribution in [3.63, 3.8) is 0 Å². The number of hydrogen-bond acceptors (Lipinski definition) is 2. The van der Waals surface area contributed by atoms with E-state index in [2.05, 4.69) is 0 Å². The Morgan fingerprint density at radius 3 is 2.70 bits per heavy atom. The molecule has 1 aromatic rings. The van der Waals surface area contributed by atoms with Gasteiger partial charge in [-0.15, -0.1) is 0 Å². The van der Waals surface area contributed by atoms with Gasteiger partial charge < -0.3 is 9.64 Å². The van der Waals surface area contributed by atoms with E-state index in [0.29, 0.717) is 29.7 Å². The lowest BCUT2D eigenvalue weighted by molar-refractivity contribution is -0.917. The Morgan fingerprint density at radius 1 is 1.35 bits per heavy atom. The van der Waals surface area contributed by atoms with Crippen LogP contribution in [0.5, 0.6) is 0 Å². The molecule has 0 aliphatic carbocycles. The maximum atomic E-state index is 11.6. The third kappa shape index (κ3) is 3.78. The smallest absolute Gasteiger partial charge is 0.410 e. The fourth-order valence-electron chi connectivity index (χ4n) is 2.35. The number of amides is 1. The van der Waals surface area contributed by atoms with Crippen LogP contribution in [0.25, 0.3) is 0 Å². The van der Waals surface area contributed by atoms with Crippen molar-refractivity contribution in [3.05, 3.63) is 33.8 Å². The molecule has 0 radical (unpaired) electrons. The molecule has 6 heteroatoms. The van der Waals surface area contributed by atoms with Crippen LogP contribution < -0.4 is 4.90 Å². The second-order valence-electron chi connectivity index (χ2n) is 4.83. The van der Waals surface area contributed by atoms with Gasteiger partial charge in [-0.05, 0) is 13.0 Å². The molecule has 1 aromatic carbocycles. The number of halogens is 2. The average Bonchev–Trinajstić information content (AvgIpc) is 2.45. The SMILES string of the molecule is CCOC(=O)N1CC[NH+](Cc2cccc(Cl)c2Cl)CC1. The van der Waals surface area contributed by atoms with E-state index in [0.717, 1.165) is 25.2 Å². The fourth-order valence-corrected chi connectivity index (χ4v) is 2.74. The molecule has 0 atom stereocenters. The minimum Gasteiger partial charge on any atom is -0.450 e. The van der Waals surface area contributed by atoms with Crippen molar-refractivity contribution in [2.45, 2.75) is 13.5 Å². The monoisotopic (exact) mass is 317 g/mol. The Hall–Kier alpha value is -0.970. The van der Waals surface area contributed by atoms with Gasteiger partial charge >= 0.3 is 6.09 Å². The number of hydrogen-bond donors (Lipinski definition) is 1. The molecule has 1 amide bonds. The minimum absolute atomic E-state index is 0.215. The molecule has 1 aliphatic heterocycles. The zero-order chi connectivity index (χ0) is 14.5. The Bertz CT molecular complexity index is 474. The highest BCUT2D eigenvalue weighted by Crippen LogP contribution is 2.24. The zero-order valence-electron chi connectivity index (χ0n) is 11.5. The number of carbonyl (C=O) groups is 1. The highest BCUT2D eigenvalue weighted by molar-refractivity contribution is 6.42. The summed E-state index contributed by atoms with van der Waals surface area (Å²) in [6, 6.07) is 5.71. The molecule has 20 heavy (non-hydrogen) atoms. The zero-order valence-corrected chi connectivity index (χ0v) is 13.0. The molecule has 0 bridgehead atoms. The van der Waals surface area contributed by atoms with E-state index in [4.69, 9.17) is 27.9 Å². The van der Waals surface area contributed by atoms with E-state index in [1.807, 2.05) is 19.1 Å². The molecule has 2 rings (SSSR count). The molecule has 1 N–H and O–H groups in total. The second kappa shape index (κ2) is 7.16. The molecule has 1 heterocycles.